The van der Waals surface area contributed by atoms with E-state index in [2.05, 4.69) is 20.4 Å². The maximum absolute atomic E-state index is 11.7. The summed E-state index contributed by atoms with van der Waals surface area (Å²) in [6.07, 6.45) is 5.80. The topological polar surface area (TPSA) is 20.3 Å². The summed E-state index contributed by atoms with van der Waals surface area (Å²) >= 11 is 0. The first-order valence-electron chi connectivity index (χ1n) is 5.06. The van der Waals surface area contributed by atoms with Crippen LogP contribution in [0.3, 0.4) is 0 Å². The number of amides is 1. The van der Waals surface area contributed by atoms with Gasteiger partial charge in [-0.15, -0.1) is 0 Å². The molecular formula is C11H21NO. The Kier molecular flexibility index (Phi) is 6.29. The summed E-state index contributed by atoms with van der Waals surface area (Å²) in [4.78, 5) is 13.3. The van der Waals surface area contributed by atoms with E-state index in [0.29, 0.717) is 0 Å². The summed E-state index contributed by atoms with van der Waals surface area (Å²) in [6.45, 7) is 7.80. The fourth-order valence-electron chi connectivity index (χ4n) is 1.33. The highest BCUT2D eigenvalue weighted by molar-refractivity contribution is 5.79. The minimum absolute atomic E-state index is 0.183. The number of unbranched alkanes of at least 4 members (excludes halogenated alkanes) is 1. The van der Waals surface area contributed by atoms with Gasteiger partial charge in [0.25, 0.3) is 0 Å². The van der Waals surface area contributed by atoms with Gasteiger partial charge in [-0.1, -0.05) is 33.3 Å². The summed E-state index contributed by atoms with van der Waals surface area (Å²) in [5, 5.41) is 0. The largest absolute Gasteiger partial charge is 0.323 e. The third kappa shape index (κ3) is 4.11. The summed E-state index contributed by atoms with van der Waals surface area (Å²) in [6, 6.07) is 0. The lowest BCUT2D eigenvalue weighted by atomic mass is 9.98. The maximum atomic E-state index is 11.7. The third-order valence-corrected chi connectivity index (χ3v) is 2.37. The number of carbonyl (C=O) groups excluding carboxylic acids is 1. The number of hydrogen-bond acceptors (Lipinski definition) is 1. The number of carbonyl (C=O) groups is 1. The summed E-state index contributed by atoms with van der Waals surface area (Å²) in [7, 11) is 1.77. The molecule has 0 aliphatic heterocycles. The van der Waals surface area contributed by atoms with Crippen LogP contribution in [0, 0.1) is 5.92 Å². The van der Waals surface area contributed by atoms with Crippen molar-refractivity contribution in [2.24, 2.45) is 5.92 Å². The normalized spacial score (nSPS) is 12.2. The molecule has 76 valence electrons. The van der Waals surface area contributed by atoms with Crippen molar-refractivity contribution < 1.29 is 4.79 Å². The molecule has 0 N–H and O–H groups in total. The van der Waals surface area contributed by atoms with E-state index in [1.807, 2.05) is 0 Å². The van der Waals surface area contributed by atoms with Crippen LogP contribution in [-0.4, -0.2) is 17.9 Å². The van der Waals surface area contributed by atoms with Gasteiger partial charge in [0.2, 0.25) is 5.91 Å². The van der Waals surface area contributed by atoms with Gasteiger partial charge in [0.1, 0.15) is 0 Å². The second kappa shape index (κ2) is 6.70. The molecule has 0 rings (SSSR count). The first-order chi connectivity index (χ1) is 6.17. The molecule has 1 amide bonds. The second-order valence-corrected chi connectivity index (χ2v) is 3.38. The quantitative estimate of drug-likeness (QED) is 0.620. The first-order valence-corrected chi connectivity index (χ1v) is 5.06. The van der Waals surface area contributed by atoms with Gasteiger partial charge in [-0.05, 0) is 19.0 Å². The summed E-state index contributed by atoms with van der Waals surface area (Å²) in [5.74, 6) is 0.383. The third-order valence-electron chi connectivity index (χ3n) is 2.37. The Hall–Kier alpha value is -0.790. The second-order valence-electron chi connectivity index (χ2n) is 3.38. The number of nitrogens with zero attached hydrogens (tertiary/aromatic N) is 1. The highest BCUT2D eigenvalue weighted by Gasteiger charge is 2.17. The molecule has 0 aromatic carbocycles. The van der Waals surface area contributed by atoms with Crippen molar-refractivity contribution in [3.63, 3.8) is 0 Å². The lowest BCUT2D eigenvalue weighted by molar-refractivity contribution is -0.132. The molecule has 0 bridgehead atoms. The molecule has 1 unspecified atom stereocenters. The SMILES string of the molecule is C=CN(C)C(=O)C(CC)CCCC. The predicted octanol–water partition coefficient (Wildman–Crippen LogP) is 2.80. The molecule has 0 radical (unpaired) electrons. The Morgan fingerprint density at radius 2 is 2.15 bits per heavy atom. The molecule has 0 aliphatic rings. The first kappa shape index (κ1) is 12.2. The van der Waals surface area contributed by atoms with E-state index in [1.54, 1.807) is 18.1 Å². The summed E-state index contributed by atoms with van der Waals surface area (Å²) in [5.41, 5.74) is 0. The van der Waals surface area contributed by atoms with Crippen molar-refractivity contribution in [3.8, 4) is 0 Å². The van der Waals surface area contributed by atoms with Crippen molar-refractivity contribution in [2.75, 3.05) is 7.05 Å². The van der Waals surface area contributed by atoms with Crippen molar-refractivity contribution in [2.45, 2.75) is 39.5 Å². The molecule has 0 fully saturated rings. The van der Waals surface area contributed by atoms with Crippen LogP contribution >= 0.6 is 0 Å². The number of rotatable bonds is 6. The highest BCUT2D eigenvalue weighted by Crippen LogP contribution is 2.15. The molecule has 2 nitrogen and oxygen atoms in total. The van der Waals surface area contributed by atoms with E-state index in [-0.39, 0.29) is 11.8 Å². The van der Waals surface area contributed by atoms with Gasteiger partial charge >= 0.3 is 0 Å². The summed E-state index contributed by atoms with van der Waals surface area (Å²) < 4.78 is 0. The van der Waals surface area contributed by atoms with E-state index in [0.717, 1.165) is 25.7 Å². The molecule has 1 atom stereocenters. The predicted molar refractivity (Wildman–Crippen MR) is 56.3 cm³/mol. The molecule has 13 heavy (non-hydrogen) atoms. The van der Waals surface area contributed by atoms with Crippen LogP contribution in [0.5, 0.6) is 0 Å². The average Bonchev–Trinajstić information content (AvgIpc) is 2.17. The van der Waals surface area contributed by atoms with Gasteiger partial charge in [0.05, 0.1) is 0 Å². The van der Waals surface area contributed by atoms with Crippen LogP contribution in [0.1, 0.15) is 39.5 Å². The van der Waals surface area contributed by atoms with Gasteiger partial charge in [0, 0.05) is 13.0 Å². The van der Waals surface area contributed by atoms with Gasteiger partial charge in [0.15, 0.2) is 0 Å². The molecule has 2 heteroatoms. The molecule has 0 aliphatic carbocycles. The van der Waals surface area contributed by atoms with Crippen LogP contribution in [0.25, 0.3) is 0 Å². The standard InChI is InChI=1S/C11H21NO/c1-5-8-9-10(6-2)11(13)12(4)7-3/h7,10H,3,5-6,8-9H2,1-2,4H3. The Balaban J connectivity index is 4.06. The Bertz CT molecular complexity index is 165. The molecule has 0 saturated heterocycles. The van der Waals surface area contributed by atoms with Crippen LogP contribution in [0.15, 0.2) is 12.8 Å². The Morgan fingerprint density at radius 3 is 2.54 bits per heavy atom. The number of hydrogen-bond donors (Lipinski definition) is 0. The van der Waals surface area contributed by atoms with Gasteiger partial charge in [-0.25, -0.2) is 0 Å². The molecule has 0 aromatic rings. The highest BCUT2D eigenvalue weighted by atomic mass is 16.2. The van der Waals surface area contributed by atoms with E-state index in [1.165, 1.54) is 0 Å². The van der Waals surface area contributed by atoms with Crippen molar-refractivity contribution in [1.29, 1.82) is 0 Å². The van der Waals surface area contributed by atoms with Gasteiger partial charge < -0.3 is 4.90 Å². The fourth-order valence-corrected chi connectivity index (χ4v) is 1.33. The fraction of sp³-hybridized carbons (Fsp3) is 0.727. The molecular weight excluding hydrogens is 162 g/mol. The van der Waals surface area contributed by atoms with Crippen LogP contribution in [0.2, 0.25) is 0 Å². The Morgan fingerprint density at radius 1 is 1.54 bits per heavy atom. The van der Waals surface area contributed by atoms with Crippen molar-refractivity contribution >= 4 is 5.91 Å². The zero-order chi connectivity index (χ0) is 10.3. The maximum Gasteiger partial charge on any atom is 0.229 e. The monoisotopic (exact) mass is 183 g/mol. The van der Waals surface area contributed by atoms with Crippen LogP contribution in [-0.2, 0) is 4.79 Å². The van der Waals surface area contributed by atoms with E-state index in [9.17, 15) is 4.79 Å². The van der Waals surface area contributed by atoms with E-state index >= 15 is 0 Å². The van der Waals surface area contributed by atoms with E-state index < -0.39 is 0 Å². The van der Waals surface area contributed by atoms with Crippen LogP contribution < -0.4 is 0 Å². The smallest absolute Gasteiger partial charge is 0.229 e. The zero-order valence-electron chi connectivity index (χ0n) is 9.05. The van der Waals surface area contributed by atoms with E-state index in [4.69, 9.17) is 0 Å². The van der Waals surface area contributed by atoms with Crippen molar-refractivity contribution in [1.82, 2.24) is 4.90 Å². The lowest BCUT2D eigenvalue weighted by Crippen LogP contribution is -2.28. The van der Waals surface area contributed by atoms with Gasteiger partial charge in [-0.3, -0.25) is 4.79 Å². The minimum Gasteiger partial charge on any atom is -0.323 e. The molecule has 0 spiro atoms. The Labute approximate surface area is 81.6 Å². The molecule has 0 aromatic heterocycles. The molecule has 0 heterocycles. The average molecular weight is 183 g/mol. The van der Waals surface area contributed by atoms with Crippen LogP contribution in [0.4, 0.5) is 0 Å². The minimum atomic E-state index is 0.183. The lowest BCUT2D eigenvalue weighted by Gasteiger charge is -2.19. The van der Waals surface area contributed by atoms with Gasteiger partial charge in [-0.2, -0.15) is 0 Å². The zero-order valence-corrected chi connectivity index (χ0v) is 9.05. The van der Waals surface area contributed by atoms with Crippen molar-refractivity contribution in [3.05, 3.63) is 12.8 Å². The molecule has 0 saturated carbocycles.